The highest BCUT2D eigenvalue weighted by atomic mass is 16.7. The minimum absolute atomic E-state index is 0.0134. The van der Waals surface area contributed by atoms with E-state index in [2.05, 4.69) is 46.0 Å². The minimum atomic E-state index is -0.526. The van der Waals surface area contributed by atoms with Crippen LogP contribution in [0.15, 0.2) is 35.9 Å². The second kappa shape index (κ2) is 10.3. The fourth-order valence-corrected chi connectivity index (χ4v) is 12.2. The summed E-state index contributed by atoms with van der Waals surface area (Å²) in [7, 11) is 1.82. The van der Waals surface area contributed by atoms with E-state index in [1.54, 1.807) is 0 Å². The lowest BCUT2D eigenvalue weighted by molar-refractivity contribution is -0.217. The number of hydrogen-bond acceptors (Lipinski definition) is 7. The van der Waals surface area contributed by atoms with E-state index >= 15 is 0 Å². The first-order valence-electron chi connectivity index (χ1n) is 17.5. The number of carbonyl (C=O) groups excluding carboxylic acids is 1. The van der Waals surface area contributed by atoms with Crippen molar-refractivity contribution in [2.75, 3.05) is 12.4 Å². The van der Waals surface area contributed by atoms with E-state index < -0.39 is 17.8 Å². The van der Waals surface area contributed by atoms with Crippen LogP contribution < -0.4 is 5.32 Å². The summed E-state index contributed by atoms with van der Waals surface area (Å²) >= 11 is 0. The molecule has 2 aliphatic heterocycles. The third-order valence-electron chi connectivity index (χ3n) is 14.5. The molecule has 0 amide bonds. The van der Waals surface area contributed by atoms with Gasteiger partial charge in [0.15, 0.2) is 6.29 Å². The van der Waals surface area contributed by atoms with Crippen molar-refractivity contribution in [3.05, 3.63) is 41.5 Å². The van der Waals surface area contributed by atoms with Crippen molar-refractivity contribution in [3.63, 3.8) is 0 Å². The smallest absolute Gasteiger partial charge is 0.340 e. The Labute approximate surface area is 269 Å². The van der Waals surface area contributed by atoms with Gasteiger partial charge in [-0.2, -0.15) is 0 Å². The summed E-state index contributed by atoms with van der Waals surface area (Å²) in [5.74, 6) is 0.704. The summed E-state index contributed by atoms with van der Waals surface area (Å²) in [5.41, 5.74) is 1.60. The summed E-state index contributed by atoms with van der Waals surface area (Å²) in [6, 6.07) is 7.52. The van der Waals surface area contributed by atoms with Crippen LogP contribution in [-0.2, 0) is 14.2 Å². The zero-order chi connectivity index (χ0) is 32.3. The normalized spacial score (nSPS) is 47.6. The van der Waals surface area contributed by atoms with E-state index in [-0.39, 0.29) is 58.0 Å². The zero-order valence-corrected chi connectivity index (χ0v) is 28.6. The molecule has 7 nitrogen and oxygen atoms in total. The van der Waals surface area contributed by atoms with Gasteiger partial charge in [0.1, 0.15) is 12.2 Å². The lowest BCUT2D eigenvalue weighted by Crippen LogP contribution is -2.65. The molecule has 0 radical (unpaired) electrons. The van der Waals surface area contributed by atoms with E-state index in [1.807, 2.05) is 45.2 Å². The largest absolute Gasteiger partial charge is 0.458 e. The third-order valence-corrected chi connectivity index (χ3v) is 14.5. The van der Waals surface area contributed by atoms with Crippen LogP contribution in [0.2, 0.25) is 0 Å². The lowest BCUT2D eigenvalue weighted by atomic mass is 9.37. The topological polar surface area (TPSA) is 97.3 Å². The first-order chi connectivity index (χ1) is 21.1. The molecule has 5 fully saturated rings. The van der Waals surface area contributed by atoms with Gasteiger partial charge in [0.2, 0.25) is 0 Å². The van der Waals surface area contributed by atoms with Crippen LogP contribution in [0, 0.1) is 45.3 Å². The van der Waals surface area contributed by atoms with Gasteiger partial charge in [0, 0.05) is 29.5 Å². The van der Waals surface area contributed by atoms with Crippen LogP contribution in [0.1, 0.15) is 104 Å². The van der Waals surface area contributed by atoms with E-state index in [1.165, 1.54) is 5.57 Å². The van der Waals surface area contributed by atoms with Crippen LogP contribution in [-0.4, -0.2) is 59.5 Å². The van der Waals surface area contributed by atoms with Crippen molar-refractivity contribution in [3.8, 4) is 0 Å². The van der Waals surface area contributed by atoms with Crippen molar-refractivity contribution >= 4 is 11.7 Å². The second-order valence-electron chi connectivity index (χ2n) is 17.2. The van der Waals surface area contributed by atoms with Crippen molar-refractivity contribution in [2.45, 2.75) is 130 Å². The molecule has 0 aromatic heterocycles. The monoisotopic (exact) mass is 621 g/mol. The van der Waals surface area contributed by atoms with E-state index in [0.717, 1.165) is 37.8 Å². The summed E-state index contributed by atoms with van der Waals surface area (Å²) in [6.07, 6.45) is 6.91. The molecular formula is C38H55NO6. The van der Waals surface area contributed by atoms with Gasteiger partial charge in [-0.05, 0) is 99.5 Å². The lowest BCUT2D eigenvalue weighted by Gasteiger charge is -2.68. The summed E-state index contributed by atoms with van der Waals surface area (Å²) in [4.78, 5) is 13.4. The third kappa shape index (κ3) is 4.32. The number of nitrogens with one attached hydrogen (secondary N) is 1. The molecule has 0 spiro atoms. The molecule has 12 atom stereocenters. The Morgan fingerprint density at radius 2 is 1.71 bits per heavy atom. The average Bonchev–Trinajstić information content (AvgIpc) is 3.48. The highest BCUT2D eigenvalue weighted by Crippen LogP contribution is 2.73. The molecule has 3 N–H and O–H groups in total. The van der Waals surface area contributed by atoms with E-state index in [9.17, 15) is 15.0 Å². The van der Waals surface area contributed by atoms with Gasteiger partial charge in [-0.25, -0.2) is 4.79 Å². The fraction of sp³-hybridized carbons (Fsp3) is 0.763. The number of carbonyl (C=O) groups is 1. The molecule has 2 saturated heterocycles. The maximum atomic E-state index is 13.4. The second-order valence-corrected chi connectivity index (χ2v) is 17.2. The van der Waals surface area contributed by atoms with Gasteiger partial charge < -0.3 is 29.7 Å². The number of benzene rings is 1. The van der Waals surface area contributed by atoms with E-state index in [4.69, 9.17) is 14.2 Å². The molecule has 1 aromatic rings. The fourth-order valence-electron chi connectivity index (χ4n) is 12.2. The summed E-state index contributed by atoms with van der Waals surface area (Å²) in [5, 5.41) is 26.5. The molecule has 7 rings (SSSR count). The Kier molecular flexibility index (Phi) is 7.23. The van der Waals surface area contributed by atoms with E-state index in [0.29, 0.717) is 30.2 Å². The number of para-hydroxylation sites is 1. The van der Waals surface area contributed by atoms with Crippen molar-refractivity contribution < 1.29 is 29.2 Å². The van der Waals surface area contributed by atoms with Crippen LogP contribution in [0.5, 0.6) is 0 Å². The Morgan fingerprint density at radius 3 is 2.44 bits per heavy atom. The Morgan fingerprint density at radius 1 is 0.978 bits per heavy atom. The van der Waals surface area contributed by atoms with Crippen LogP contribution in [0.4, 0.5) is 5.69 Å². The average molecular weight is 622 g/mol. The number of aliphatic hydroxyl groups is 2. The number of ether oxygens (including phenoxy) is 3. The highest BCUT2D eigenvalue weighted by Gasteiger charge is 2.69. The Balaban J connectivity index is 1.14. The maximum Gasteiger partial charge on any atom is 0.340 e. The van der Waals surface area contributed by atoms with Crippen molar-refractivity contribution in [2.24, 2.45) is 45.3 Å². The van der Waals surface area contributed by atoms with Gasteiger partial charge in [0.25, 0.3) is 0 Å². The first-order valence-corrected chi connectivity index (χ1v) is 17.5. The van der Waals surface area contributed by atoms with Gasteiger partial charge >= 0.3 is 5.97 Å². The zero-order valence-electron chi connectivity index (χ0n) is 28.6. The number of rotatable bonds is 4. The van der Waals surface area contributed by atoms with Gasteiger partial charge in [0.05, 0.1) is 23.4 Å². The predicted molar refractivity (Wildman–Crippen MR) is 173 cm³/mol. The minimum Gasteiger partial charge on any atom is -0.458 e. The first kappa shape index (κ1) is 31.7. The number of aliphatic hydroxyl groups excluding tert-OH is 2. The Bertz CT molecular complexity index is 1390. The van der Waals surface area contributed by atoms with Crippen LogP contribution >= 0.6 is 0 Å². The maximum absolute atomic E-state index is 13.4. The molecule has 0 unspecified atom stereocenters. The molecule has 6 aliphatic rings. The van der Waals surface area contributed by atoms with Crippen LogP contribution in [0.3, 0.4) is 0 Å². The molecule has 4 aliphatic carbocycles. The standard InChI is InChI=1S/C38H55NO6/c1-34(2)28-20-29(41)38(7)26-14-13-23(22-19-25(40)31-35(3,4)45-33(22)44-31)36(26,5)17-15-27(38)37(28,6)18-16-30(34)43-32(42)21-11-9-10-12-24(21)39-8/h9-12,14,22-23,25,27-31,33,39-41H,13,15-20H2,1-8H3/t22-,23+,25+,27-,28+,29-,30+,31+,33+,36+,37-,38+/m1/s1. The number of esters is 1. The predicted octanol–water partition coefficient (Wildman–Crippen LogP) is 6.73. The highest BCUT2D eigenvalue weighted by molar-refractivity contribution is 5.95. The van der Waals surface area contributed by atoms with Crippen molar-refractivity contribution in [1.82, 2.24) is 0 Å². The number of allylic oxidation sites excluding steroid dienone is 1. The number of fused-ring (bicyclic) bond motifs is 7. The molecule has 248 valence electrons. The molecular weight excluding hydrogens is 566 g/mol. The SMILES string of the molecule is CNc1ccccc1C(=O)O[C@H]1CC[C@]2(C)[C@H]3CC[C@]4(C)C(=CC[C@H]4[C@H]4C[C@H](O)[C@@H]5O[C@H]4OC5(C)C)[C@]3(C)[C@H](O)C[C@H]2C1(C)C. The van der Waals surface area contributed by atoms with Gasteiger partial charge in [-0.1, -0.05) is 58.4 Å². The molecule has 2 bridgehead atoms. The van der Waals surface area contributed by atoms with Gasteiger partial charge in [-0.3, -0.25) is 0 Å². The molecule has 2 heterocycles. The Hall–Kier alpha value is -1.93. The summed E-state index contributed by atoms with van der Waals surface area (Å²) in [6.45, 7) is 15.8. The molecule has 45 heavy (non-hydrogen) atoms. The van der Waals surface area contributed by atoms with Gasteiger partial charge in [-0.15, -0.1) is 0 Å². The summed E-state index contributed by atoms with van der Waals surface area (Å²) < 4.78 is 19.1. The van der Waals surface area contributed by atoms with Crippen LogP contribution in [0.25, 0.3) is 0 Å². The van der Waals surface area contributed by atoms with Crippen molar-refractivity contribution in [1.29, 1.82) is 0 Å². The quantitative estimate of drug-likeness (QED) is 0.253. The number of anilines is 1. The molecule has 3 saturated carbocycles. The number of hydrogen-bond donors (Lipinski definition) is 3. The molecule has 1 aromatic carbocycles. The molecule has 7 heteroatoms.